The third kappa shape index (κ3) is 5.78. The van der Waals surface area contributed by atoms with Crippen molar-refractivity contribution >= 4 is 17.5 Å². The third-order valence-electron chi connectivity index (χ3n) is 3.66. The number of hydrogen-bond acceptors (Lipinski definition) is 5. The SMILES string of the molecule is COc1ccc(C(=O)NNC(C)=CC(=O)Nc2cccc(C)c2)c(OC)c1. The van der Waals surface area contributed by atoms with Gasteiger partial charge in [0.15, 0.2) is 0 Å². The minimum atomic E-state index is -0.402. The number of nitrogens with one attached hydrogen (secondary N) is 3. The van der Waals surface area contributed by atoms with Crippen LogP contribution in [-0.4, -0.2) is 26.0 Å². The number of benzene rings is 2. The first-order valence-corrected chi connectivity index (χ1v) is 8.27. The molecule has 0 aliphatic carbocycles. The van der Waals surface area contributed by atoms with Crippen LogP contribution in [0, 0.1) is 6.92 Å². The number of methoxy groups -OCH3 is 2. The number of carbonyl (C=O) groups excluding carboxylic acids is 2. The molecule has 0 fully saturated rings. The van der Waals surface area contributed by atoms with Gasteiger partial charge in [0.1, 0.15) is 11.5 Å². The van der Waals surface area contributed by atoms with E-state index in [-0.39, 0.29) is 5.91 Å². The van der Waals surface area contributed by atoms with Crippen molar-refractivity contribution < 1.29 is 19.1 Å². The maximum absolute atomic E-state index is 12.3. The molecular formula is C20H23N3O4. The summed E-state index contributed by atoms with van der Waals surface area (Å²) in [6.45, 7) is 3.61. The van der Waals surface area contributed by atoms with Gasteiger partial charge in [0.2, 0.25) is 5.91 Å². The molecule has 0 saturated carbocycles. The van der Waals surface area contributed by atoms with Crippen molar-refractivity contribution in [3.8, 4) is 11.5 Å². The smallest absolute Gasteiger partial charge is 0.273 e. The van der Waals surface area contributed by atoms with E-state index in [2.05, 4.69) is 16.2 Å². The summed E-state index contributed by atoms with van der Waals surface area (Å²) in [6, 6.07) is 12.4. The Hall–Kier alpha value is -3.48. The fourth-order valence-electron chi connectivity index (χ4n) is 2.34. The first-order chi connectivity index (χ1) is 12.9. The van der Waals surface area contributed by atoms with E-state index in [9.17, 15) is 9.59 Å². The zero-order valence-electron chi connectivity index (χ0n) is 15.8. The average Bonchev–Trinajstić information content (AvgIpc) is 2.65. The molecule has 2 aromatic rings. The van der Waals surface area contributed by atoms with Crippen molar-refractivity contribution in [2.45, 2.75) is 13.8 Å². The minimum Gasteiger partial charge on any atom is -0.497 e. The maximum atomic E-state index is 12.3. The van der Waals surface area contributed by atoms with Crippen LogP contribution in [0.3, 0.4) is 0 Å². The van der Waals surface area contributed by atoms with Crippen molar-refractivity contribution in [2.75, 3.05) is 19.5 Å². The summed E-state index contributed by atoms with van der Waals surface area (Å²) in [5.41, 5.74) is 7.80. The highest BCUT2D eigenvalue weighted by Gasteiger charge is 2.13. The van der Waals surface area contributed by atoms with Gasteiger partial charge < -0.3 is 20.2 Å². The van der Waals surface area contributed by atoms with Gasteiger partial charge in [-0.25, -0.2) is 0 Å². The normalized spacial score (nSPS) is 10.7. The lowest BCUT2D eigenvalue weighted by atomic mass is 10.2. The highest BCUT2D eigenvalue weighted by atomic mass is 16.5. The van der Waals surface area contributed by atoms with E-state index >= 15 is 0 Å². The highest BCUT2D eigenvalue weighted by molar-refractivity contribution is 6.00. The molecule has 0 radical (unpaired) electrons. The van der Waals surface area contributed by atoms with Gasteiger partial charge in [-0.05, 0) is 43.7 Å². The van der Waals surface area contributed by atoms with E-state index in [1.165, 1.54) is 20.3 Å². The number of rotatable bonds is 7. The summed E-state index contributed by atoms with van der Waals surface area (Å²) >= 11 is 0. The summed E-state index contributed by atoms with van der Waals surface area (Å²) in [5.74, 6) is 0.260. The quantitative estimate of drug-likeness (QED) is 0.516. The van der Waals surface area contributed by atoms with E-state index in [0.29, 0.717) is 28.4 Å². The Kier molecular flexibility index (Phi) is 6.82. The molecule has 0 aliphatic rings. The van der Waals surface area contributed by atoms with E-state index < -0.39 is 5.91 Å². The Morgan fingerprint density at radius 1 is 1.00 bits per heavy atom. The summed E-state index contributed by atoms with van der Waals surface area (Å²) in [7, 11) is 3.01. The van der Waals surface area contributed by atoms with Gasteiger partial charge in [-0.3, -0.25) is 15.0 Å². The molecule has 2 rings (SSSR count). The first kappa shape index (κ1) is 19.8. The van der Waals surface area contributed by atoms with Crippen molar-refractivity contribution in [3.63, 3.8) is 0 Å². The molecule has 0 atom stereocenters. The second kappa shape index (κ2) is 9.28. The lowest BCUT2D eigenvalue weighted by molar-refractivity contribution is -0.112. The highest BCUT2D eigenvalue weighted by Crippen LogP contribution is 2.24. The standard InChI is InChI=1S/C20H23N3O4/c1-13-6-5-7-15(10-13)21-19(24)11-14(2)22-23-20(25)17-9-8-16(26-3)12-18(17)27-4/h5-12,22H,1-4H3,(H,21,24)(H,23,25). The van der Waals surface area contributed by atoms with Gasteiger partial charge in [0.25, 0.3) is 5.91 Å². The zero-order valence-corrected chi connectivity index (χ0v) is 15.8. The Morgan fingerprint density at radius 2 is 1.78 bits per heavy atom. The Morgan fingerprint density at radius 3 is 2.44 bits per heavy atom. The van der Waals surface area contributed by atoms with Crippen molar-refractivity contribution in [1.82, 2.24) is 10.9 Å². The third-order valence-corrected chi connectivity index (χ3v) is 3.66. The van der Waals surface area contributed by atoms with Crippen LogP contribution in [0.2, 0.25) is 0 Å². The van der Waals surface area contributed by atoms with Crippen LogP contribution in [0.5, 0.6) is 11.5 Å². The molecule has 3 N–H and O–H groups in total. The van der Waals surface area contributed by atoms with Crippen molar-refractivity contribution in [3.05, 3.63) is 65.4 Å². The molecule has 0 saturated heterocycles. The number of hydrazine groups is 1. The molecule has 2 amide bonds. The Balaban J connectivity index is 1.96. The number of ether oxygens (including phenoxy) is 2. The van der Waals surface area contributed by atoms with Gasteiger partial charge in [-0.2, -0.15) is 0 Å². The molecule has 27 heavy (non-hydrogen) atoms. The molecule has 7 nitrogen and oxygen atoms in total. The number of carbonyl (C=O) groups is 2. The molecule has 0 unspecified atom stereocenters. The molecule has 7 heteroatoms. The van der Waals surface area contributed by atoms with E-state index in [4.69, 9.17) is 9.47 Å². The first-order valence-electron chi connectivity index (χ1n) is 8.27. The van der Waals surface area contributed by atoms with Crippen LogP contribution in [0.25, 0.3) is 0 Å². The van der Waals surface area contributed by atoms with Crippen LogP contribution in [0.4, 0.5) is 5.69 Å². The summed E-state index contributed by atoms with van der Waals surface area (Å²) in [6.07, 6.45) is 1.36. The molecule has 2 aromatic carbocycles. The number of amides is 2. The second-order valence-corrected chi connectivity index (χ2v) is 5.83. The fourth-order valence-corrected chi connectivity index (χ4v) is 2.34. The number of aryl methyl sites for hydroxylation is 1. The predicted molar refractivity (Wildman–Crippen MR) is 104 cm³/mol. The number of allylic oxidation sites excluding steroid dienone is 1. The minimum absolute atomic E-state index is 0.304. The van der Waals surface area contributed by atoms with Crippen LogP contribution >= 0.6 is 0 Å². The fraction of sp³-hybridized carbons (Fsp3) is 0.200. The van der Waals surface area contributed by atoms with Crippen LogP contribution < -0.4 is 25.6 Å². The molecule has 0 bridgehead atoms. The van der Waals surface area contributed by atoms with Crippen molar-refractivity contribution in [2.24, 2.45) is 0 Å². The zero-order chi connectivity index (χ0) is 19.8. The van der Waals surface area contributed by atoms with Gasteiger partial charge in [-0.1, -0.05) is 12.1 Å². The number of hydrogen-bond donors (Lipinski definition) is 3. The van der Waals surface area contributed by atoms with E-state index in [1.54, 1.807) is 31.2 Å². The molecule has 0 aliphatic heterocycles. The molecule has 0 heterocycles. The number of anilines is 1. The lowest BCUT2D eigenvalue weighted by Crippen LogP contribution is -2.36. The van der Waals surface area contributed by atoms with E-state index in [0.717, 1.165) is 5.56 Å². The lowest BCUT2D eigenvalue weighted by Gasteiger charge is -2.12. The summed E-state index contributed by atoms with van der Waals surface area (Å²) in [4.78, 5) is 24.4. The average molecular weight is 369 g/mol. The predicted octanol–water partition coefficient (Wildman–Crippen LogP) is 2.79. The topological polar surface area (TPSA) is 88.7 Å². The Labute approximate surface area is 158 Å². The second-order valence-electron chi connectivity index (χ2n) is 5.83. The van der Waals surface area contributed by atoms with E-state index in [1.807, 2.05) is 25.1 Å². The summed E-state index contributed by atoms with van der Waals surface area (Å²) < 4.78 is 10.3. The monoisotopic (exact) mass is 369 g/mol. The molecule has 142 valence electrons. The van der Waals surface area contributed by atoms with Crippen LogP contribution in [0.1, 0.15) is 22.8 Å². The van der Waals surface area contributed by atoms with Gasteiger partial charge in [0.05, 0.1) is 19.8 Å². The van der Waals surface area contributed by atoms with Crippen LogP contribution in [0.15, 0.2) is 54.2 Å². The Bertz CT molecular complexity index is 862. The van der Waals surface area contributed by atoms with Crippen LogP contribution in [-0.2, 0) is 4.79 Å². The maximum Gasteiger partial charge on any atom is 0.273 e. The molecule has 0 spiro atoms. The molecular weight excluding hydrogens is 346 g/mol. The van der Waals surface area contributed by atoms with Gasteiger partial charge in [0, 0.05) is 23.5 Å². The largest absolute Gasteiger partial charge is 0.497 e. The molecule has 0 aromatic heterocycles. The van der Waals surface area contributed by atoms with Crippen molar-refractivity contribution in [1.29, 1.82) is 0 Å². The summed E-state index contributed by atoms with van der Waals surface area (Å²) in [5, 5.41) is 2.76. The van der Waals surface area contributed by atoms with Gasteiger partial charge >= 0.3 is 0 Å². The van der Waals surface area contributed by atoms with Gasteiger partial charge in [-0.15, -0.1) is 0 Å².